The number of hydrogen-bond acceptors (Lipinski definition) is 4. The van der Waals surface area contributed by atoms with Crippen molar-refractivity contribution in [3.05, 3.63) is 65.9 Å². The van der Waals surface area contributed by atoms with Gasteiger partial charge in [-0.25, -0.2) is 9.37 Å². The van der Waals surface area contributed by atoms with Crippen LogP contribution in [0.4, 0.5) is 15.9 Å². The molecule has 1 aliphatic rings. The molecule has 0 saturated carbocycles. The van der Waals surface area contributed by atoms with Crippen LogP contribution < -0.4 is 10.1 Å². The average molecular weight is 321 g/mol. The molecule has 4 rings (SSSR count). The summed E-state index contributed by atoms with van der Waals surface area (Å²) >= 11 is 0. The number of pyridine rings is 2. The van der Waals surface area contributed by atoms with Gasteiger partial charge in [-0.1, -0.05) is 0 Å². The lowest BCUT2D eigenvalue weighted by atomic mass is 10.0. The second-order valence-electron chi connectivity index (χ2n) is 5.74. The van der Waals surface area contributed by atoms with Gasteiger partial charge in [-0.3, -0.25) is 4.98 Å². The zero-order valence-electron chi connectivity index (χ0n) is 13.2. The maximum atomic E-state index is 13.0. The Morgan fingerprint density at radius 1 is 1.12 bits per heavy atom. The van der Waals surface area contributed by atoms with E-state index in [1.807, 2.05) is 25.3 Å². The molecule has 0 aliphatic carbocycles. The number of anilines is 2. The molecule has 1 aliphatic heterocycles. The summed E-state index contributed by atoms with van der Waals surface area (Å²) in [6.45, 7) is 2.61. The molecule has 3 heterocycles. The summed E-state index contributed by atoms with van der Waals surface area (Å²) in [7, 11) is 0. The molecule has 0 spiro atoms. The van der Waals surface area contributed by atoms with Crippen molar-refractivity contribution in [3.8, 4) is 16.9 Å². The Kier molecular flexibility index (Phi) is 3.61. The SMILES string of the molecule is Cc1cc(-c2cnc(Nc3ccc(F)cc3)c3c2CCO3)ccn1. The molecule has 1 aromatic carbocycles. The predicted octanol–water partition coefficient (Wildman–Crippen LogP) is 4.27. The van der Waals surface area contributed by atoms with Gasteiger partial charge in [0, 0.05) is 41.3 Å². The van der Waals surface area contributed by atoms with Crippen molar-refractivity contribution in [2.75, 3.05) is 11.9 Å². The van der Waals surface area contributed by atoms with Crippen molar-refractivity contribution in [3.63, 3.8) is 0 Å². The highest BCUT2D eigenvalue weighted by molar-refractivity contribution is 5.76. The fourth-order valence-electron chi connectivity index (χ4n) is 2.91. The molecular formula is C19H16FN3O. The van der Waals surface area contributed by atoms with Crippen LogP contribution in [0.3, 0.4) is 0 Å². The fraction of sp³-hybridized carbons (Fsp3) is 0.158. The van der Waals surface area contributed by atoms with Crippen LogP contribution in [0, 0.1) is 12.7 Å². The van der Waals surface area contributed by atoms with Gasteiger partial charge in [0.25, 0.3) is 0 Å². The lowest BCUT2D eigenvalue weighted by molar-refractivity contribution is 0.357. The Morgan fingerprint density at radius 3 is 2.75 bits per heavy atom. The third-order valence-corrected chi connectivity index (χ3v) is 4.05. The van der Waals surface area contributed by atoms with Crippen LogP contribution in [-0.4, -0.2) is 16.6 Å². The van der Waals surface area contributed by atoms with Crippen LogP contribution in [0.15, 0.2) is 48.8 Å². The number of rotatable bonds is 3. The minimum atomic E-state index is -0.265. The number of aromatic nitrogens is 2. The van der Waals surface area contributed by atoms with Gasteiger partial charge < -0.3 is 10.1 Å². The highest BCUT2D eigenvalue weighted by atomic mass is 19.1. The number of nitrogens with zero attached hydrogens (tertiary/aromatic N) is 2. The van der Waals surface area contributed by atoms with Gasteiger partial charge in [-0.15, -0.1) is 0 Å². The smallest absolute Gasteiger partial charge is 0.173 e. The summed E-state index contributed by atoms with van der Waals surface area (Å²) in [6.07, 6.45) is 4.50. The summed E-state index contributed by atoms with van der Waals surface area (Å²) in [5.41, 5.74) is 5.03. The molecule has 0 radical (unpaired) electrons. The van der Waals surface area contributed by atoms with E-state index < -0.39 is 0 Å². The summed E-state index contributed by atoms with van der Waals surface area (Å²) < 4.78 is 18.8. The van der Waals surface area contributed by atoms with Gasteiger partial charge in [0.15, 0.2) is 11.6 Å². The van der Waals surface area contributed by atoms with Crippen LogP contribution in [0.1, 0.15) is 11.3 Å². The number of fused-ring (bicyclic) bond motifs is 1. The van der Waals surface area contributed by atoms with Crippen LogP contribution in [0.25, 0.3) is 11.1 Å². The van der Waals surface area contributed by atoms with Crippen molar-refractivity contribution >= 4 is 11.5 Å². The molecule has 0 fully saturated rings. The van der Waals surface area contributed by atoms with Crippen LogP contribution in [0.2, 0.25) is 0 Å². The summed E-state index contributed by atoms with van der Waals surface area (Å²) in [5, 5.41) is 3.21. The van der Waals surface area contributed by atoms with E-state index in [9.17, 15) is 4.39 Å². The van der Waals surface area contributed by atoms with Crippen molar-refractivity contribution in [1.29, 1.82) is 0 Å². The zero-order chi connectivity index (χ0) is 16.5. The van der Waals surface area contributed by atoms with E-state index in [1.54, 1.807) is 18.3 Å². The zero-order valence-corrected chi connectivity index (χ0v) is 13.2. The Balaban J connectivity index is 1.73. The van der Waals surface area contributed by atoms with Crippen molar-refractivity contribution < 1.29 is 9.13 Å². The van der Waals surface area contributed by atoms with E-state index in [1.165, 1.54) is 12.1 Å². The van der Waals surface area contributed by atoms with Crippen LogP contribution >= 0.6 is 0 Å². The van der Waals surface area contributed by atoms with E-state index in [4.69, 9.17) is 4.74 Å². The van der Waals surface area contributed by atoms with Crippen molar-refractivity contribution in [2.45, 2.75) is 13.3 Å². The number of nitrogens with one attached hydrogen (secondary N) is 1. The molecule has 0 amide bonds. The molecule has 24 heavy (non-hydrogen) atoms. The molecule has 0 atom stereocenters. The first-order valence-corrected chi connectivity index (χ1v) is 7.81. The maximum Gasteiger partial charge on any atom is 0.173 e. The molecule has 3 aromatic rings. The standard InChI is InChI=1S/C19H16FN3O/c1-12-10-13(6-8-21-12)17-11-22-19(18-16(17)7-9-24-18)23-15-4-2-14(20)3-5-15/h2-6,8,10-11H,7,9H2,1H3,(H,22,23). The number of hydrogen-bond donors (Lipinski definition) is 1. The van der Waals surface area contributed by atoms with E-state index in [0.29, 0.717) is 12.4 Å². The first-order chi connectivity index (χ1) is 11.7. The molecule has 4 nitrogen and oxygen atoms in total. The molecule has 0 saturated heterocycles. The number of ether oxygens (including phenoxy) is 1. The quantitative estimate of drug-likeness (QED) is 0.782. The molecule has 2 aromatic heterocycles. The minimum Gasteiger partial charge on any atom is -0.489 e. The molecule has 0 bridgehead atoms. The lowest BCUT2D eigenvalue weighted by Crippen LogP contribution is -1.98. The van der Waals surface area contributed by atoms with E-state index >= 15 is 0 Å². The first-order valence-electron chi connectivity index (χ1n) is 7.81. The van der Waals surface area contributed by atoms with Gasteiger partial charge >= 0.3 is 0 Å². The van der Waals surface area contributed by atoms with E-state index in [2.05, 4.69) is 15.3 Å². The highest BCUT2D eigenvalue weighted by Gasteiger charge is 2.22. The second kappa shape index (κ2) is 5.92. The topological polar surface area (TPSA) is 47.0 Å². The fourth-order valence-corrected chi connectivity index (χ4v) is 2.91. The van der Waals surface area contributed by atoms with E-state index in [0.717, 1.165) is 40.2 Å². The highest BCUT2D eigenvalue weighted by Crippen LogP contribution is 2.39. The summed E-state index contributed by atoms with van der Waals surface area (Å²) in [5.74, 6) is 1.16. The lowest BCUT2D eigenvalue weighted by Gasteiger charge is -2.13. The van der Waals surface area contributed by atoms with Gasteiger partial charge in [-0.05, 0) is 48.9 Å². The van der Waals surface area contributed by atoms with Crippen LogP contribution in [0.5, 0.6) is 5.75 Å². The monoisotopic (exact) mass is 321 g/mol. The molecular weight excluding hydrogens is 305 g/mol. The Morgan fingerprint density at radius 2 is 1.96 bits per heavy atom. The number of halogens is 1. The minimum absolute atomic E-state index is 0.265. The molecule has 5 heteroatoms. The molecule has 0 unspecified atom stereocenters. The summed E-state index contributed by atoms with van der Waals surface area (Å²) in [4.78, 5) is 8.77. The third-order valence-electron chi connectivity index (χ3n) is 4.05. The molecule has 1 N–H and O–H groups in total. The Bertz CT molecular complexity index is 894. The number of aryl methyl sites for hydroxylation is 1. The normalized spacial score (nSPS) is 12.6. The van der Waals surface area contributed by atoms with Gasteiger partial charge in [0.1, 0.15) is 5.82 Å². The predicted molar refractivity (Wildman–Crippen MR) is 91.1 cm³/mol. The van der Waals surface area contributed by atoms with Crippen LogP contribution in [-0.2, 0) is 6.42 Å². The van der Waals surface area contributed by atoms with Gasteiger partial charge in [0.05, 0.1) is 6.61 Å². The molecule has 120 valence electrons. The van der Waals surface area contributed by atoms with E-state index in [-0.39, 0.29) is 5.82 Å². The third kappa shape index (κ3) is 2.69. The van der Waals surface area contributed by atoms with Gasteiger partial charge in [-0.2, -0.15) is 0 Å². The largest absolute Gasteiger partial charge is 0.489 e. The summed E-state index contributed by atoms with van der Waals surface area (Å²) in [6, 6.07) is 10.2. The Hall–Kier alpha value is -2.95. The second-order valence-corrected chi connectivity index (χ2v) is 5.74. The first kappa shape index (κ1) is 14.6. The maximum absolute atomic E-state index is 13.0. The number of benzene rings is 1. The van der Waals surface area contributed by atoms with Crippen molar-refractivity contribution in [1.82, 2.24) is 9.97 Å². The Labute approximate surface area is 139 Å². The van der Waals surface area contributed by atoms with Gasteiger partial charge in [0.2, 0.25) is 0 Å². The van der Waals surface area contributed by atoms with Crippen molar-refractivity contribution in [2.24, 2.45) is 0 Å². The average Bonchev–Trinajstić information content (AvgIpc) is 3.07.